The highest BCUT2D eigenvalue weighted by Gasteiger charge is 2.25. The SMILES string of the molecule is CC(=O)NC(c1nnc(CNC(=O)O)o1)c1nc2ccc(-c3ccccc3)cc2s1. The number of amides is 2. The van der Waals surface area contributed by atoms with Gasteiger partial charge in [-0.05, 0) is 23.3 Å². The molecule has 30 heavy (non-hydrogen) atoms. The summed E-state index contributed by atoms with van der Waals surface area (Å²) in [7, 11) is 0. The number of nitrogens with one attached hydrogen (secondary N) is 2. The highest BCUT2D eigenvalue weighted by Crippen LogP contribution is 2.32. The fraction of sp³-hybridized carbons (Fsp3) is 0.150. The van der Waals surface area contributed by atoms with E-state index in [-0.39, 0.29) is 24.2 Å². The molecule has 0 aliphatic heterocycles. The lowest BCUT2D eigenvalue weighted by atomic mass is 10.1. The third-order valence-corrected chi connectivity index (χ3v) is 5.31. The van der Waals surface area contributed by atoms with Crippen LogP contribution >= 0.6 is 11.3 Å². The number of fused-ring (bicyclic) bond motifs is 1. The van der Waals surface area contributed by atoms with E-state index in [1.807, 2.05) is 48.5 Å². The number of hydrogen-bond acceptors (Lipinski definition) is 7. The van der Waals surface area contributed by atoms with E-state index in [0.29, 0.717) is 5.01 Å². The molecule has 0 saturated heterocycles. The number of aromatic nitrogens is 3. The minimum Gasteiger partial charge on any atom is -0.465 e. The maximum atomic E-state index is 11.8. The molecular formula is C20H17N5O4S. The first-order chi connectivity index (χ1) is 14.5. The molecule has 3 N–H and O–H groups in total. The standard InChI is InChI=1S/C20H17N5O4S/c1-11(26)22-17(18-25-24-16(29-18)10-21-20(27)28)19-23-14-8-7-13(9-15(14)30-19)12-5-3-2-4-6-12/h2-9,17,21H,10H2,1H3,(H,22,26)(H,27,28). The Hall–Kier alpha value is -3.79. The van der Waals surface area contributed by atoms with Gasteiger partial charge in [-0.2, -0.15) is 0 Å². The van der Waals surface area contributed by atoms with Crippen LogP contribution in [-0.4, -0.2) is 32.3 Å². The Kier molecular flexibility index (Phi) is 5.40. The summed E-state index contributed by atoms with van der Waals surface area (Å²) >= 11 is 1.42. The fourth-order valence-corrected chi connectivity index (χ4v) is 3.97. The van der Waals surface area contributed by atoms with Crippen molar-refractivity contribution in [2.45, 2.75) is 19.5 Å². The molecule has 2 heterocycles. The predicted molar refractivity (Wildman–Crippen MR) is 110 cm³/mol. The zero-order valence-corrected chi connectivity index (χ0v) is 16.6. The van der Waals surface area contributed by atoms with Crippen LogP contribution in [0.1, 0.15) is 29.8 Å². The molecule has 4 rings (SSSR count). The number of carboxylic acid groups (broad SMARTS) is 1. The van der Waals surface area contributed by atoms with Gasteiger partial charge in [0.2, 0.25) is 17.7 Å². The molecule has 0 saturated carbocycles. The molecule has 0 radical (unpaired) electrons. The zero-order valence-electron chi connectivity index (χ0n) is 15.8. The summed E-state index contributed by atoms with van der Waals surface area (Å²) in [6, 6.07) is 15.2. The fourth-order valence-electron chi connectivity index (χ4n) is 2.91. The molecule has 0 bridgehead atoms. The third kappa shape index (κ3) is 4.28. The lowest BCUT2D eigenvalue weighted by Crippen LogP contribution is -2.27. The molecule has 0 spiro atoms. The monoisotopic (exact) mass is 423 g/mol. The summed E-state index contributed by atoms with van der Waals surface area (Å²) in [5.74, 6) is -0.0578. The van der Waals surface area contributed by atoms with E-state index >= 15 is 0 Å². The molecule has 9 nitrogen and oxygen atoms in total. The number of hydrogen-bond donors (Lipinski definition) is 3. The van der Waals surface area contributed by atoms with Crippen LogP contribution in [-0.2, 0) is 11.3 Å². The van der Waals surface area contributed by atoms with Crippen LogP contribution in [0.25, 0.3) is 21.3 Å². The van der Waals surface area contributed by atoms with E-state index in [1.165, 1.54) is 18.3 Å². The average Bonchev–Trinajstić information content (AvgIpc) is 3.37. The molecule has 2 aromatic carbocycles. The minimum absolute atomic E-state index is 0.0928. The van der Waals surface area contributed by atoms with Crippen LogP contribution in [0.5, 0.6) is 0 Å². The molecule has 0 fully saturated rings. The van der Waals surface area contributed by atoms with Crippen molar-refractivity contribution in [2.75, 3.05) is 0 Å². The summed E-state index contributed by atoms with van der Waals surface area (Å²) in [4.78, 5) is 27.0. The van der Waals surface area contributed by atoms with Gasteiger partial charge in [-0.25, -0.2) is 9.78 Å². The van der Waals surface area contributed by atoms with E-state index in [1.54, 1.807) is 0 Å². The van der Waals surface area contributed by atoms with Gasteiger partial charge in [-0.3, -0.25) is 4.79 Å². The van der Waals surface area contributed by atoms with Gasteiger partial charge < -0.3 is 20.2 Å². The molecule has 0 aliphatic rings. The molecular weight excluding hydrogens is 406 g/mol. The summed E-state index contributed by atoms with van der Waals surface area (Å²) < 4.78 is 6.50. The van der Waals surface area contributed by atoms with Crippen molar-refractivity contribution >= 4 is 33.6 Å². The number of carbonyl (C=O) groups is 2. The summed E-state index contributed by atoms with van der Waals surface area (Å²) in [5.41, 5.74) is 2.95. The van der Waals surface area contributed by atoms with Crippen LogP contribution in [0.4, 0.5) is 4.79 Å². The first-order valence-electron chi connectivity index (χ1n) is 9.01. The van der Waals surface area contributed by atoms with Crippen molar-refractivity contribution in [2.24, 2.45) is 0 Å². The highest BCUT2D eigenvalue weighted by molar-refractivity contribution is 7.18. The van der Waals surface area contributed by atoms with Gasteiger partial charge in [0.15, 0.2) is 6.04 Å². The van der Waals surface area contributed by atoms with Crippen LogP contribution in [0, 0.1) is 0 Å². The van der Waals surface area contributed by atoms with Crippen molar-refractivity contribution in [3.8, 4) is 11.1 Å². The van der Waals surface area contributed by atoms with Gasteiger partial charge in [0, 0.05) is 6.92 Å². The largest absolute Gasteiger partial charge is 0.465 e. The Bertz CT molecular complexity index is 1200. The highest BCUT2D eigenvalue weighted by atomic mass is 32.1. The molecule has 1 atom stereocenters. The maximum Gasteiger partial charge on any atom is 0.405 e. The number of benzene rings is 2. The summed E-state index contributed by atoms with van der Waals surface area (Å²) in [5, 5.41) is 22.0. The lowest BCUT2D eigenvalue weighted by Gasteiger charge is -2.10. The molecule has 0 aliphatic carbocycles. The van der Waals surface area contributed by atoms with Gasteiger partial charge >= 0.3 is 6.09 Å². The quantitative estimate of drug-likeness (QED) is 0.433. The zero-order chi connectivity index (χ0) is 21.1. The Morgan fingerprint density at radius 1 is 1.13 bits per heavy atom. The minimum atomic E-state index is -1.20. The second-order valence-corrected chi connectivity index (χ2v) is 7.49. The number of rotatable bonds is 6. The average molecular weight is 423 g/mol. The van der Waals surface area contributed by atoms with Crippen molar-refractivity contribution in [1.29, 1.82) is 0 Å². The molecule has 1 unspecified atom stereocenters. The molecule has 152 valence electrons. The number of nitrogens with zero attached hydrogens (tertiary/aromatic N) is 3. The topological polar surface area (TPSA) is 130 Å². The predicted octanol–water partition coefficient (Wildman–Crippen LogP) is 3.34. The number of thiazole rings is 1. The molecule has 4 aromatic rings. The molecule has 2 aromatic heterocycles. The van der Waals surface area contributed by atoms with Gasteiger partial charge in [0.1, 0.15) is 5.01 Å². The van der Waals surface area contributed by atoms with E-state index in [2.05, 4.69) is 25.8 Å². The lowest BCUT2D eigenvalue weighted by molar-refractivity contribution is -0.119. The van der Waals surface area contributed by atoms with Gasteiger partial charge in [-0.1, -0.05) is 36.4 Å². The summed E-state index contributed by atoms with van der Waals surface area (Å²) in [6.07, 6.45) is -1.20. The van der Waals surface area contributed by atoms with E-state index in [9.17, 15) is 9.59 Å². The van der Waals surface area contributed by atoms with Gasteiger partial charge in [0.05, 0.1) is 16.8 Å². The normalized spacial score (nSPS) is 11.9. The Morgan fingerprint density at radius 3 is 2.67 bits per heavy atom. The maximum absolute atomic E-state index is 11.8. The van der Waals surface area contributed by atoms with E-state index < -0.39 is 12.1 Å². The van der Waals surface area contributed by atoms with Crippen LogP contribution in [0.15, 0.2) is 52.9 Å². The Morgan fingerprint density at radius 2 is 1.93 bits per heavy atom. The third-order valence-electron chi connectivity index (χ3n) is 4.23. The van der Waals surface area contributed by atoms with E-state index in [0.717, 1.165) is 21.3 Å². The van der Waals surface area contributed by atoms with Crippen molar-refractivity contribution in [3.63, 3.8) is 0 Å². The van der Waals surface area contributed by atoms with Crippen molar-refractivity contribution in [1.82, 2.24) is 25.8 Å². The van der Waals surface area contributed by atoms with Gasteiger partial charge in [0.25, 0.3) is 0 Å². The number of carbonyl (C=O) groups excluding carboxylic acids is 1. The molecule has 10 heteroatoms. The Labute approximate surface area is 174 Å². The first kappa shape index (κ1) is 19.5. The van der Waals surface area contributed by atoms with E-state index in [4.69, 9.17) is 9.52 Å². The van der Waals surface area contributed by atoms with Crippen molar-refractivity contribution < 1.29 is 19.1 Å². The first-order valence-corrected chi connectivity index (χ1v) is 9.83. The van der Waals surface area contributed by atoms with Crippen LogP contribution in [0.2, 0.25) is 0 Å². The summed E-state index contributed by atoms with van der Waals surface area (Å²) in [6.45, 7) is 1.26. The smallest absolute Gasteiger partial charge is 0.405 e. The molecule has 2 amide bonds. The van der Waals surface area contributed by atoms with Gasteiger partial charge in [-0.15, -0.1) is 21.5 Å². The second-order valence-electron chi connectivity index (χ2n) is 6.43. The Balaban J connectivity index is 1.67. The second kappa shape index (κ2) is 8.29. The van der Waals surface area contributed by atoms with Crippen molar-refractivity contribution in [3.05, 3.63) is 65.3 Å². The van der Waals surface area contributed by atoms with Crippen LogP contribution in [0.3, 0.4) is 0 Å². The van der Waals surface area contributed by atoms with Crippen LogP contribution < -0.4 is 10.6 Å².